The van der Waals surface area contributed by atoms with Gasteiger partial charge in [0.15, 0.2) is 0 Å². The summed E-state index contributed by atoms with van der Waals surface area (Å²) in [6, 6.07) is 20.7. The number of benzene rings is 2. The summed E-state index contributed by atoms with van der Waals surface area (Å²) in [5.74, 6) is 0.623. The number of ether oxygens (including phenoxy) is 2. The van der Waals surface area contributed by atoms with Crippen LogP contribution in [0.15, 0.2) is 66.0 Å². The van der Waals surface area contributed by atoms with E-state index in [0.717, 1.165) is 24.2 Å². The molecule has 0 amide bonds. The van der Waals surface area contributed by atoms with Crippen LogP contribution in [0.5, 0.6) is 5.75 Å². The van der Waals surface area contributed by atoms with Crippen molar-refractivity contribution in [3.63, 3.8) is 0 Å². The SMILES string of the molecule is CCC(Cc1ccc(OCCc2cc(-c3ccccc3)cs2)cc1)C(=O)OC. The van der Waals surface area contributed by atoms with Gasteiger partial charge in [0.25, 0.3) is 0 Å². The third kappa shape index (κ3) is 5.46. The lowest BCUT2D eigenvalue weighted by molar-refractivity contribution is -0.145. The van der Waals surface area contributed by atoms with Crippen molar-refractivity contribution in [3.8, 4) is 16.9 Å². The standard InChI is InChI=1S/C24H26O3S/c1-3-19(24(25)26-2)15-18-9-11-22(12-10-18)27-14-13-23-16-21(17-28-23)20-7-5-4-6-8-20/h4-12,16-17,19H,3,13-15H2,1-2H3. The first-order valence-electron chi connectivity index (χ1n) is 9.62. The number of hydrogen-bond donors (Lipinski definition) is 0. The van der Waals surface area contributed by atoms with Gasteiger partial charge in [-0.05, 0) is 53.1 Å². The van der Waals surface area contributed by atoms with Crippen LogP contribution in [0.4, 0.5) is 0 Å². The van der Waals surface area contributed by atoms with Crippen molar-refractivity contribution < 1.29 is 14.3 Å². The van der Waals surface area contributed by atoms with E-state index >= 15 is 0 Å². The molecule has 3 aromatic rings. The van der Waals surface area contributed by atoms with E-state index in [1.807, 2.05) is 37.3 Å². The number of esters is 1. The lowest BCUT2D eigenvalue weighted by Gasteiger charge is -2.12. The van der Waals surface area contributed by atoms with Crippen molar-refractivity contribution in [2.24, 2.45) is 5.92 Å². The van der Waals surface area contributed by atoms with Crippen LogP contribution in [-0.2, 0) is 22.4 Å². The van der Waals surface area contributed by atoms with Crippen molar-refractivity contribution in [2.45, 2.75) is 26.2 Å². The molecule has 0 fully saturated rings. The zero-order chi connectivity index (χ0) is 19.8. The highest BCUT2D eigenvalue weighted by atomic mass is 32.1. The first-order chi connectivity index (χ1) is 13.7. The number of carbonyl (C=O) groups excluding carboxylic acids is 1. The Balaban J connectivity index is 1.49. The molecule has 1 heterocycles. The van der Waals surface area contributed by atoms with Crippen LogP contribution in [0.2, 0.25) is 0 Å². The van der Waals surface area contributed by atoms with Crippen molar-refractivity contribution in [3.05, 3.63) is 76.5 Å². The molecule has 3 nitrogen and oxygen atoms in total. The number of rotatable bonds is 9. The summed E-state index contributed by atoms with van der Waals surface area (Å²) in [6.45, 7) is 2.65. The van der Waals surface area contributed by atoms with Gasteiger partial charge in [-0.25, -0.2) is 0 Å². The van der Waals surface area contributed by atoms with Gasteiger partial charge in [-0.15, -0.1) is 11.3 Å². The number of thiophene rings is 1. The van der Waals surface area contributed by atoms with E-state index in [0.29, 0.717) is 13.0 Å². The Labute approximate surface area is 170 Å². The largest absolute Gasteiger partial charge is 0.493 e. The summed E-state index contributed by atoms with van der Waals surface area (Å²) >= 11 is 1.77. The van der Waals surface area contributed by atoms with Crippen LogP contribution in [0, 0.1) is 5.92 Å². The minimum absolute atomic E-state index is 0.0885. The molecule has 1 unspecified atom stereocenters. The van der Waals surface area contributed by atoms with E-state index in [1.54, 1.807) is 11.3 Å². The highest BCUT2D eigenvalue weighted by Crippen LogP contribution is 2.26. The van der Waals surface area contributed by atoms with Crippen molar-refractivity contribution in [1.82, 2.24) is 0 Å². The Morgan fingerprint density at radius 3 is 2.46 bits per heavy atom. The maximum Gasteiger partial charge on any atom is 0.308 e. The Morgan fingerprint density at radius 2 is 1.79 bits per heavy atom. The second kappa shape index (κ2) is 10.1. The first-order valence-corrected chi connectivity index (χ1v) is 10.5. The molecule has 0 N–H and O–H groups in total. The third-order valence-corrected chi connectivity index (χ3v) is 5.81. The first kappa shape index (κ1) is 20.2. The van der Waals surface area contributed by atoms with Gasteiger partial charge in [-0.1, -0.05) is 49.4 Å². The molecule has 0 aliphatic rings. The van der Waals surface area contributed by atoms with Crippen LogP contribution in [-0.4, -0.2) is 19.7 Å². The maximum absolute atomic E-state index is 11.7. The molecule has 0 saturated heterocycles. The summed E-state index contributed by atoms with van der Waals surface area (Å²) in [6.07, 6.45) is 2.36. The summed E-state index contributed by atoms with van der Waals surface area (Å²) in [5.41, 5.74) is 3.63. The molecule has 2 aromatic carbocycles. The third-order valence-electron chi connectivity index (χ3n) is 4.81. The fourth-order valence-electron chi connectivity index (χ4n) is 3.13. The molecule has 146 valence electrons. The van der Waals surface area contributed by atoms with E-state index in [2.05, 4.69) is 35.7 Å². The van der Waals surface area contributed by atoms with Crippen LogP contribution in [0.3, 0.4) is 0 Å². The fraction of sp³-hybridized carbons (Fsp3) is 0.292. The van der Waals surface area contributed by atoms with Crippen molar-refractivity contribution >= 4 is 17.3 Å². The predicted molar refractivity (Wildman–Crippen MR) is 115 cm³/mol. The summed E-state index contributed by atoms with van der Waals surface area (Å²) < 4.78 is 10.8. The summed E-state index contributed by atoms with van der Waals surface area (Å²) in [7, 11) is 1.44. The zero-order valence-electron chi connectivity index (χ0n) is 16.4. The molecule has 1 atom stereocenters. The van der Waals surface area contributed by atoms with Gasteiger partial charge in [0.05, 0.1) is 19.6 Å². The van der Waals surface area contributed by atoms with Crippen molar-refractivity contribution in [1.29, 1.82) is 0 Å². The van der Waals surface area contributed by atoms with E-state index < -0.39 is 0 Å². The minimum Gasteiger partial charge on any atom is -0.493 e. The maximum atomic E-state index is 11.7. The Bertz CT molecular complexity index is 868. The summed E-state index contributed by atoms with van der Waals surface area (Å²) in [4.78, 5) is 13.1. The molecule has 0 aliphatic heterocycles. The van der Waals surface area contributed by atoms with Gasteiger partial charge in [0.1, 0.15) is 5.75 Å². The molecule has 28 heavy (non-hydrogen) atoms. The van der Waals surface area contributed by atoms with Crippen LogP contribution in [0.1, 0.15) is 23.8 Å². The van der Waals surface area contributed by atoms with Gasteiger partial charge in [0.2, 0.25) is 0 Å². The molecule has 1 aromatic heterocycles. The lowest BCUT2D eigenvalue weighted by atomic mass is 9.97. The van der Waals surface area contributed by atoms with Crippen LogP contribution >= 0.6 is 11.3 Å². The smallest absolute Gasteiger partial charge is 0.308 e. The number of carbonyl (C=O) groups is 1. The molecule has 0 aliphatic carbocycles. The minimum atomic E-state index is -0.145. The van der Waals surface area contributed by atoms with Crippen LogP contribution < -0.4 is 4.74 Å². The predicted octanol–water partition coefficient (Wildman–Crippen LogP) is 5.78. The number of hydrogen-bond acceptors (Lipinski definition) is 4. The molecular weight excluding hydrogens is 368 g/mol. The lowest BCUT2D eigenvalue weighted by Crippen LogP contribution is -2.17. The molecule has 4 heteroatoms. The monoisotopic (exact) mass is 394 g/mol. The Morgan fingerprint density at radius 1 is 1.04 bits per heavy atom. The Hall–Kier alpha value is -2.59. The van der Waals surface area contributed by atoms with E-state index in [4.69, 9.17) is 9.47 Å². The molecular formula is C24H26O3S. The number of methoxy groups -OCH3 is 1. The molecule has 3 rings (SSSR count). The summed E-state index contributed by atoms with van der Waals surface area (Å²) in [5, 5.41) is 2.20. The van der Waals surface area contributed by atoms with Gasteiger partial charge < -0.3 is 9.47 Å². The van der Waals surface area contributed by atoms with E-state index in [1.165, 1.54) is 23.1 Å². The average Bonchev–Trinajstić information content (AvgIpc) is 3.22. The van der Waals surface area contributed by atoms with E-state index in [-0.39, 0.29) is 11.9 Å². The van der Waals surface area contributed by atoms with E-state index in [9.17, 15) is 4.79 Å². The molecule has 0 radical (unpaired) electrons. The van der Waals surface area contributed by atoms with Crippen molar-refractivity contribution in [2.75, 3.05) is 13.7 Å². The zero-order valence-corrected chi connectivity index (χ0v) is 17.2. The molecule has 0 spiro atoms. The fourth-order valence-corrected chi connectivity index (χ4v) is 4.01. The molecule has 0 saturated carbocycles. The van der Waals surface area contributed by atoms with Gasteiger partial charge in [-0.2, -0.15) is 0 Å². The highest BCUT2D eigenvalue weighted by molar-refractivity contribution is 7.10. The second-order valence-corrected chi connectivity index (χ2v) is 7.74. The second-order valence-electron chi connectivity index (χ2n) is 6.74. The van der Waals surface area contributed by atoms with Gasteiger partial charge in [-0.3, -0.25) is 4.79 Å². The average molecular weight is 395 g/mol. The quantitative estimate of drug-likeness (QED) is 0.432. The normalized spacial score (nSPS) is 11.8. The van der Waals surface area contributed by atoms with Crippen LogP contribution in [0.25, 0.3) is 11.1 Å². The van der Waals surface area contributed by atoms with Gasteiger partial charge in [0, 0.05) is 11.3 Å². The highest BCUT2D eigenvalue weighted by Gasteiger charge is 2.17. The Kier molecular flexibility index (Phi) is 7.26. The van der Waals surface area contributed by atoms with Gasteiger partial charge >= 0.3 is 5.97 Å². The molecule has 0 bridgehead atoms. The topological polar surface area (TPSA) is 35.5 Å².